The molecule has 2 N–H and O–H groups in total. The molecule has 0 fully saturated rings. The summed E-state index contributed by atoms with van der Waals surface area (Å²) in [4.78, 5) is 4.15. The lowest BCUT2D eigenvalue weighted by Crippen LogP contribution is -2.25. The predicted molar refractivity (Wildman–Crippen MR) is 85.2 cm³/mol. The third kappa shape index (κ3) is 4.50. The molecule has 0 unspecified atom stereocenters. The Kier molecular flexibility index (Phi) is 5.09. The van der Waals surface area contributed by atoms with Crippen molar-refractivity contribution in [3.63, 3.8) is 0 Å². The van der Waals surface area contributed by atoms with E-state index in [0.717, 1.165) is 11.1 Å². The second kappa shape index (κ2) is 6.84. The van der Waals surface area contributed by atoms with Gasteiger partial charge < -0.3 is 5.32 Å². The number of hydrogen-bond donors (Lipinski definition) is 2. The van der Waals surface area contributed by atoms with Crippen LogP contribution in [-0.4, -0.2) is 16.3 Å². The maximum absolute atomic E-state index is 12.8. The largest absolute Gasteiger partial charge is 0.418 e. The van der Waals surface area contributed by atoms with Gasteiger partial charge in [-0.2, -0.15) is 18.3 Å². The Balaban J connectivity index is 1.99. The summed E-state index contributed by atoms with van der Waals surface area (Å²) in [5, 5.41) is 8.95. The number of aromatic nitrogens is 1. The Hall–Kier alpha value is -2.00. The first kappa shape index (κ1) is 16.4. The van der Waals surface area contributed by atoms with Crippen LogP contribution in [0.25, 0.3) is 0 Å². The number of benzene rings is 1. The Labute approximate surface area is 134 Å². The molecule has 0 amide bonds. The number of anilines is 1. The highest BCUT2D eigenvalue weighted by Gasteiger charge is 2.33. The van der Waals surface area contributed by atoms with Crippen LogP contribution in [0.2, 0.25) is 0 Å². The van der Waals surface area contributed by atoms with Crippen LogP contribution in [0, 0.1) is 6.92 Å². The molecule has 0 saturated heterocycles. The lowest BCUT2D eigenvalue weighted by molar-refractivity contribution is -0.136. The number of halogens is 3. The molecular formula is C13H11F3N4S2. The number of para-hydroxylation sites is 1. The fourth-order valence-electron chi connectivity index (χ4n) is 1.59. The van der Waals surface area contributed by atoms with E-state index in [1.54, 1.807) is 5.38 Å². The van der Waals surface area contributed by atoms with E-state index in [0.29, 0.717) is 5.69 Å². The van der Waals surface area contributed by atoms with Gasteiger partial charge in [0.15, 0.2) is 5.11 Å². The van der Waals surface area contributed by atoms with Crippen molar-refractivity contribution < 1.29 is 13.2 Å². The quantitative estimate of drug-likeness (QED) is 0.505. The summed E-state index contributed by atoms with van der Waals surface area (Å²) in [7, 11) is 0. The van der Waals surface area contributed by atoms with E-state index >= 15 is 0 Å². The molecule has 0 aliphatic carbocycles. The molecule has 2 rings (SSSR count). The normalized spacial score (nSPS) is 11.6. The van der Waals surface area contributed by atoms with Gasteiger partial charge in [-0.05, 0) is 31.3 Å². The van der Waals surface area contributed by atoms with E-state index in [1.165, 1.54) is 35.8 Å². The van der Waals surface area contributed by atoms with Crippen LogP contribution in [0.15, 0.2) is 34.7 Å². The summed E-state index contributed by atoms with van der Waals surface area (Å²) in [6.45, 7) is 1.86. The molecule has 2 aromatic rings. The topological polar surface area (TPSA) is 49.3 Å². The summed E-state index contributed by atoms with van der Waals surface area (Å²) in [5.74, 6) is 0. The zero-order valence-electron chi connectivity index (χ0n) is 11.3. The highest BCUT2D eigenvalue weighted by atomic mass is 32.1. The van der Waals surface area contributed by atoms with Crippen LogP contribution in [-0.2, 0) is 6.18 Å². The highest BCUT2D eigenvalue weighted by Crippen LogP contribution is 2.34. The molecule has 22 heavy (non-hydrogen) atoms. The van der Waals surface area contributed by atoms with Crippen LogP contribution in [0.4, 0.5) is 18.9 Å². The monoisotopic (exact) mass is 344 g/mol. The molecule has 116 valence electrons. The number of hydrazone groups is 1. The fraction of sp³-hybridized carbons (Fsp3) is 0.154. The van der Waals surface area contributed by atoms with E-state index < -0.39 is 11.7 Å². The zero-order chi connectivity index (χ0) is 16.2. The Bertz CT molecular complexity index is 695. The first-order chi connectivity index (χ1) is 10.4. The lowest BCUT2D eigenvalue weighted by Gasteiger charge is -2.14. The van der Waals surface area contributed by atoms with Gasteiger partial charge in [-0.1, -0.05) is 12.1 Å². The van der Waals surface area contributed by atoms with Gasteiger partial charge in [0, 0.05) is 5.38 Å². The Morgan fingerprint density at radius 1 is 1.36 bits per heavy atom. The molecule has 4 nitrogen and oxygen atoms in total. The second-order valence-electron chi connectivity index (χ2n) is 4.16. The van der Waals surface area contributed by atoms with Crippen LogP contribution in [0.3, 0.4) is 0 Å². The number of nitrogens with one attached hydrogen (secondary N) is 2. The van der Waals surface area contributed by atoms with Crippen molar-refractivity contribution in [2.75, 3.05) is 5.32 Å². The van der Waals surface area contributed by atoms with Gasteiger partial charge in [-0.3, -0.25) is 5.43 Å². The summed E-state index contributed by atoms with van der Waals surface area (Å²) in [6.07, 6.45) is -3.02. The van der Waals surface area contributed by atoms with Crippen molar-refractivity contribution in [2.45, 2.75) is 13.1 Å². The van der Waals surface area contributed by atoms with Gasteiger partial charge in [-0.15, -0.1) is 11.3 Å². The summed E-state index contributed by atoms with van der Waals surface area (Å²) in [6, 6.07) is 5.07. The fourth-order valence-corrected chi connectivity index (χ4v) is 2.31. The van der Waals surface area contributed by atoms with Gasteiger partial charge in [0.25, 0.3) is 0 Å². The lowest BCUT2D eigenvalue weighted by atomic mass is 10.2. The number of rotatable bonds is 3. The van der Waals surface area contributed by atoms with E-state index in [2.05, 4.69) is 20.8 Å². The van der Waals surface area contributed by atoms with Crippen molar-refractivity contribution in [3.8, 4) is 0 Å². The number of aryl methyl sites for hydroxylation is 1. The van der Waals surface area contributed by atoms with Gasteiger partial charge in [0.05, 0.1) is 28.2 Å². The molecule has 1 aromatic carbocycles. The molecule has 1 heterocycles. The van der Waals surface area contributed by atoms with Gasteiger partial charge in [-0.25, -0.2) is 4.98 Å². The minimum Gasteiger partial charge on any atom is -0.331 e. The van der Waals surface area contributed by atoms with Crippen molar-refractivity contribution in [1.82, 2.24) is 10.4 Å². The molecule has 0 bridgehead atoms. The summed E-state index contributed by atoms with van der Waals surface area (Å²) in [5.41, 5.74) is 2.18. The van der Waals surface area contributed by atoms with Crippen LogP contribution in [0.5, 0.6) is 0 Å². The SMILES string of the molecule is Cc1nc(/C=N\NC(=S)Nc2ccccc2C(F)(F)F)cs1. The van der Waals surface area contributed by atoms with Crippen molar-refractivity contribution >= 4 is 40.6 Å². The Morgan fingerprint density at radius 3 is 2.73 bits per heavy atom. The Morgan fingerprint density at radius 2 is 2.09 bits per heavy atom. The van der Waals surface area contributed by atoms with Crippen molar-refractivity contribution in [1.29, 1.82) is 0 Å². The molecule has 0 saturated carbocycles. The smallest absolute Gasteiger partial charge is 0.331 e. The molecule has 9 heteroatoms. The maximum atomic E-state index is 12.8. The molecule has 0 aliphatic heterocycles. The third-order valence-corrected chi connectivity index (χ3v) is 3.47. The molecular weight excluding hydrogens is 333 g/mol. The first-order valence-corrected chi connectivity index (χ1v) is 7.33. The number of nitrogens with zero attached hydrogens (tertiary/aromatic N) is 2. The number of thiazole rings is 1. The number of alkyl halides is 3. The average Bonchev–Trinajstić information content (AvgIpc) is 2.84. The van der Waals surface area contributed by atoms with E-state index in [9.17, 15) is 13.2 Å². The minimum absolute atomic E-state index is 0.0418. The zero-order valence-corrected chi connectivity index (χ0v) is 12.9. The van der Waals surface area contributed by atoms with Gasteiger partial charge in [0.2, 0.25) is 0 Å². The standard InChI is InChI=1S/C13H11F3N4S2/c1-8-18-9(7-22-8)6-17-20-12(21)19-11-5-3-2-4-10(11)13(14,15)16/h2-7H,1H3,(H2,19,20,21)/b17-6-. The van der Waals surface area contributed by atoms with Crippen LogP contribution < -0.4 is 10.7 Å². The third-order valence-electron chi connectivity index (χ3n) is 2.48. The number of thiocarbonyl (C=S) groups is 1. The minimum atomic E-state index is -4.46. The van der Waals surface area contributed by atoms with E-state index in [1.807, 2.05) is 6.92 Å². The van der Waals surface area contributed by atoms with Crippen molar-refractivity contribution in [3.05, 3.63) is 45.9 Å². The summed E-state index contributed by atoms with van der Waals surface area (Å²) < 4.78 is 38.5. The summed E-state index contributed by atoms with van der Waals surface area (Å²) >= 11 is 6.38. The molecule has 0 radical (unpaired) electrons. The second-order valence-corrected chi connectivity index (χ2v) is 5.63. The average molecular weight is 344 g/mol. The molecule has 0 spiro atoms. The van der Waals surface area contributed by atoms with E-state index in [-0.39, 0.29) is 10.8 Å². The van der Waals surface area contributed by atoms with Crippen LogP contribution >= 0.6 is 23.6 Å². The predicted octanol–water partition coefficient (Wildman–Crippen LogP) is 3.79. The maximum Gasteiger partial charge on any atom is 0.418 e. The molecule has 0 atom stereocenters. The van der Waals surface area contributed by atoms with Gasteiger partial charge >= 0.3 is 6.18 Å². The van der Waals surface area contributed by atoms with Gasteiger partial charge in [0.1, 0.15) is 0 Å². The first-order valence-electron chi connectivity index (χ1n) is 6.04. The molecule has 1 aromatic heterocycles. The number of hydrogen-bond acceptors (Lipinski definition) is 4. The van der Waals surface area contributed by atoms with Crippen LogP contribution in [0.1, 0.15) is 16.3 Å². The van der Waals surface area contributed by atoms with Crippen molar-refractivity contribution in [2.24, 2.45) is 5.10 Å². The molecule has 0 aliphatic rings. The van der Waals surface area contributed by atoms with E-state index in [4.69, 9.17) is 12.2 Å². The highest BCUT2D eigenvalue weighted by molar-refractivity contribution is 7.80.